The number of hydrogen-bond donors (Lipinski definition) is 1. The maximum absolute atomic E-state index is 15.7. The summed E-state index contributed by atoms with van der Waals surface area (Å²) in [6.45, 7) is 9.21. The molecule has 0 aliphatic heterocycles. The van der Waals surface area contributed by atoms with E-state index < -0.39 is 0 Å². The average Bonchev–Trinajstić information content (AvgIpc) is 1.71. The van der Waals surface area contributed by atoms with Gasteiger partial charge in [0.05, 0.1) is 62.3 Å². The van der Waals surface area contributed by atoms with Gasteiger partial charge in [-0.3, -0.25) is 0 Å². The van der Waals surface area contributed by atoms with E-state index in [1.807, 2.05) is 120 Å². The molecule has 0 atom stereocenters. The van der Waals surface area contributed by atoms with Crippen LogP contribution in [0.25, 0.3) is 86.9 Å². The molecule has 9 heteroatoms. The molecule has 0 spiro atoms. The topological polar surface area (TPSA) is 69.3 Å². The summed E-state index contributed by atoms with van der Waals surface area (Å²) >= 11 is 3.79. The molecule has 18 aromatic carbocycles. The molecule has 1 N–H and O–H groups in total. The van der Waals surface area contributed by atoms with Crippen molar-refractivity contribution in [2.24, 2.45) is 0 Å². The van der Waals surface area contributed by atoms with Gasteiger partial charge in [-0.05, 0) is 191 Å². The van der Waals surface area contributed by atoms with Crippen molar-refractivity contribution >= 4 is 143 Å². The Kier molecular flexibility index (Phi) is 16.8. The fraction of sp³-hybridized carbons (Fsp3) is 0.0600. The summed E-state index contributed by atoms with van der Waals surface area (Å²) in [4.78, 5) is 6.62. The first-order valence-electron chi connectivity index (χ1n) is 36.6. The highest BCUT2D eigenvalue weighted by Crippen LogP contribution is 2.58. The van der Waals surface area contributed by atoms with E-state index in [-0.39, 0.29) is 22.5 Å². The first-order chi connectivity index (χ1) is 53.3. The molecule has 0 aromatic heterocycles. The summed E-state index contributed by atoms with van der Waals surface area (Å²) in [5.41, 5.74) is 20.5. The average molecular weight is 1470 g/mol. The fourth-order valence-electron chi connectivity index (χ4n) is 17.1. The molecule has 0 bridgehead atoms. The normalized spacial score (nSPS) is 12.7. The Morgan fingerprint density at radius 1 is 0.303 bits per heavy atom. The number of nitriles is 2. The van der Waals surface area contributed by atoms with Crippen LogP contribution in [0.4, 0.5) is 71.3 Å². The highest BCUT2D eigenvalue weighted by molar-refractivity contribution is 9.10. The lowest BCUT2D eigenvalue weighted by Crippen LogP contribution is -2.16. The third-order valence-electron chi connectivity index (χ3n) is 22.1. The molecule has 109 heavy (non-hydrogen) atoms. The number of hydrogen-bond acceptors (Lipinski definition) is 6. The Labute approximate surface area is 640 Å². The number of rotatable bonds is 11. The lowest BCUT2D eigenvalue weighted by molar-refractivity contribution is 0.629. The van der Waals surface area contributed by atoms with Gasteiger partial charge in [0, 0.05) is 54.0 Å². The minimum atomic E-state index is -0.290. The van der Waals surface area contributed by atoms with Crippen molar-refractivity contribution in [3.05, 3.63) is 389 Å². The minimum Gasteiger partial charge on any atom is -0.353 e. The minimum absolute atomic E-state index is 0.128. The number of fused-ring (bicyclic) bond motifs is 6. The zero-order chi connectivity index (χ0) is 74.2. The van der Waals surface area contributed by atoms with Crippen molar-refractivity contribution in [1.82, 2.24) is 0 Å². The molecule has 520 valence electrons. The molecule has 0 unspecified atom stereocenters. The van der Waals surface area contributed by atoms with E-state index in [1.165, 1.54) is 83.6 Å². The largest absolute Gasteiger partial charge is 0.353 e. The first kappa shape index (κ1) is 67.4. The van der Waals surface area contributed by atoms with Gasteiger partial charge in [-0.2, -0.15) is 10.5 Å². The van der Waals surface area contributed by atoms with E-state index in [0.717, 1.165) is 93.4 Å². The molecule has 2 aliphatic rings. The van der Waals surface area contributed by atoms with Gasteiger partial charge in [0.25, 0.3) is 0 Å². The van der Waals surface area contributed by atoms with Gasteiger partial charge < -0.3 is 20.0 Å². The van der Waals surface area contributed by atoms with Crippen LogP contribution in [0.5, 0.6) is 0 Å². The van der Waals surface area contributed by atoms with Crippen LogP contribution in [0.15, 0.2) is 344 Å². The number of benzene rings is 18. The zero-order valence-corrected chi connectivity index (χ0v) is 61.8. The standard InChI is InChI=1S/C50H34FN3.C38H25BrN2.C12H10FN/c1-50(2)39-17-8-7-16-36(39)49-40(50)18-12-22-46(49)54(42-20-10-6-13-34(42)31-52)44-30-26-33-23-27-37-43(29-25-32-24-28-38(44)48(33)47(32)37)53(35-14-4-3-5-15-35)45-21-11-9-19-41(45)51;1-38(2)29-10-5-4-9-26(29)37-30(38)11-7-13-34(37)41(32-12-6-3-8-25(32)22-40)33-21-17-24-14-18-27-31(39)20-16-23-15-19-28(33)36(24)35(23)27;13-11-8-4-5-9-12(11)14-10-6-2-1-3-7-10/h3-30H,1-2H3;3-21H,1-2H3;1-9,14H. The molecule has 0 radical (unpaired) electrons. The molecule has 0 fully saturated rings. The molecule has 18 aromatic rings. The fourth-order valence-corrected chi connectivity index (χ4v) is 17.6. The highest BCUT2D eigenvalue weighted by atomic mass is 79.9. The number of nitrogens with zero attached hydrogens (tertiary/aromatic N) is 5. The van der Waals surface area contributed by atoms with Crippen molar-refractivity contribution in [3.8, 4) is 34.4 Å². The molecule has 0 heterocycles. The lowest BCUT2D eigenvalue weighted by Gasteiger charge is -2.31. The molecule has 0 saturated carbocycles. The second-order valence-corrected chi connectivity index (χ2v) is 29.8. The molecule has 0 saturated heterocycles. The predicted octanol–water partition coefficient (Wildman–Crippen LogP) is 28.4. The van der Waals surface area contributed by atoms with E-state index in [0.29, 0.717) is 22.5 Å². The van der Waals surface area contributed by atoms with Gasteiger partial charge in [-0.15, -0.1) is 0 Å². The van der Waals surface area contributed by atoms with E-state index in [4.69, 9.17) is 0 Å². The second-order valence-electron chi connectivity index (χ2n) is 28.9. The molecular weight excluding hydrogens is 1400 g/mol. The van der Waals surface area contributed by atoms with Crippen molar-refractivity contribution in [3.63, 3.8) is 0 Å². The SMILES string of the molecule is CC1(C)c2ccccc2-c2c(N(c3ccccc3C#N)c3ccc4ccc5c(Br)ccc6ccc3c4c65)cccc21.CC1(C)c2ccccc2-c2c(N(c3ccccc3C#N)c3ccc4ccc5c(N(c6ccccc6)c6ccccc6F)ccc6ccc3c4c65)cccc21.Fc1ccccc1Nc1ccccc1. The lowest BCUT2D eigenvalue weighted by atomic mass is 9.82. The summed E-state index contributed by atoms with van der Waals surface area (Å²) in [5.74, 6) is -0.530. The van der Waals surface area contributed by atoms with Gasteiger partial charge in [0.1, 0.15) is 23.8 Å². The predicted molar refractivity (Wildman–Crippen MR) is 453 cm³/mol. The molecule has 0 amide bonds. The Hall–Kier alpha value is -13.4. The zero-order valence-electron chi connectivity index (χ0n) is 60.2. The van der Waals surface area contributed by atoms with Gasteiger partial charge in [0.2, 0.25) is 0 Å². The van der Waals surface area contributed by atoms with Crippen molar-refractivity contribution in [2.75, 3.05) is 20.0 Å². The van der Waals surface area contributed by atoms with Crippen LogP contribution in [-0.4, -0.2) is 0 Å². The third kappa shape index (κ3) is 11.2. The highest BCUT2D eigenvalue weighted by Gasteiger charge is 2.40. The van der Waals surface area contributed by atoms with Gasteiger partial charge in [-0.1, -0.05) is 274 Å². The monoisotopic (exact) mass is 1470 g/mol. The van der Waals surface area contributed by atoms with Crippen LogP contribution in [0.1, 0.15) is 61.1 Å². The smallest absolute Gasteiger partial charge is 0.147 e. The van der Waals surface area contributed by atoms with Gasteiger partial charge >= 0.3 is 0 Å². The van der Waals surface area contributed by atoms with Crippen LogP contribution in [0.3, 0.4) is 0 Å². The summed E-state index contributed by atoms with van der Waals surface area (Å²) in [7, 11) is 0. The molecule has 6 nitrogen and oxygen atoms in total. The van der Waals surface area contributed by atoms with Crippen LogP contribution in [-0.2, 0) is 10.8 Å². The number of para-hydroxylation sites is 6. The maximum Gasteiger partial charge on any atom is 0.147 e. The molecule has 20 rings (SSSR count). The van der Waals surface area contributed by atoms with E-state index in [9.17, 15) is 14.9 Å². The summed E-state index contributed by atoms with van der Waals surface area (Å²) < 4.78 is 30.0. The van der Waals surface area contributed by atoms with Gasteiger partial charge in [0.15, 0.2) is 0 Å². The summed E-state index contributed by atoms with van der Waals surface area (Å²) in [6, 6.07) is 120. The quantitative estimate of drug-likeness (QED) is 0.130. The van der Waals surface area contributed by atoms with E-state index >= 15 is 4.39 Å². The number of nitrogens with one attached hydrogen (secondary N) is 1. The van der Waals surface area contributed by atoms with Crippen LogP contribution in [0.2, 0.25) is 0 Å². The Balaban J connectivity index is 0.000000133. The van der Waals surface area contributed by atoms with Crippen LogP contribution < -0.4 is 20.0 Å². The number of anilines is 11. The van der Waals surface area contributed by atoms with Crippen LogP contribution >= 0.6 is 15.9 Å². The Bertz CT molecular complexity index is 6700. The molecule has 2 aliphatic carbocycles. The van der Waals surface area contributed by atoms with E-state index in [1.54, 1.807) is 24.3 Å². The maximum atomic E-state index is 15.7. The summed E-state index contributed by atoms with van der Waals surface area (Å²) in [5, 5.41) is 37.6. The van der Waals surface area contributed by atoms with Crippen LogP contribution in [0, 0.1) is 34.3 Å². The number of halogens is 3. The van der Waals surface area contributed by atoms with Crippen molar-refractivity contribution < 1.29 is 8.78 Å². The van der Waals surface area contributed by atoms with E-state index in [2.05, 4.69) is 259 Å². The third-order valence-corrected chi connectivity index (χ3v) is 22.8. The second kappa shape index (κ2) is 27.2. The van der Waals surface area contributed by atoms with Gasteiger partial charge in [-0.25, -0.2) is 8.78 Å². The first-order valence-corrected chi connectivity index (χ1v) is 37.4. The summed E-state index contributed by atoms with van der Waals surface area (Å²) in [6.07, 6.45) is 0. The Morgan fingerprint density at radius 3 is 1.14 bits per heavy atom. The molecular formula is C100H69BrF2N6. The Morgan fingerprint density at radius 2 is 0.661 bits per heavy atom. The van der Waals surface area contributed by atoms with Crippen molar-refractivity contribution in [1.29, 1.82) is 10.5 Å². The van der Waals surface area contributed by atoms with Crippen molar-refractivity contribution in [2.45, 2.75) is 38.5 Å².